The van der Waals surface area contributed by atoms with Crippen LogP contribution in [-0.4, -0.2) is 10.5 Å². The summed E-state index contributed by atoms with van der Waals surface area (Å²) in [5.41, 5.74) is 0.661. The lowest BCUT2D eigenvalue weighted by atomic mass is 9.80. The zero-order valence-corrected chi connectivity index (χ0v) is 9.08. The van der Waals surface area contributed by atoms with Crippen molar-refractivity contribution in [2.45, 2.75) is 57.9 Å². The van der Waals surface area contributed by atoms with E-state index in [1.807, 2.05) is 6.08 Å². The molecule has 0 aromatic carbocycles. The van der Waals surface area contributed by atoms with Gasteiger partial charge in [-0.1, -0.05) is 25.0 Å². The monoisotopic (exact) mass is 197 g/mol. The van der Waals surface area contributed by atoms with Gasteiger partial charge in [-0.05, 0) is 19.8 Å². The molecule has 0 spiro atoms. The van der Waals surface area contributed by atoms with Crippen LogP contribution in [0.2, 0.25) is 0 Å². The highest BCUT2D eigenvalue weighted by atomic mass is 16.6. The Balaban J connectivity index is 2.69. The molecule has 1 aliphatic carbocycles. The Morgan fingerprint density at radius 2 is 2.36 bits per heavy atom. The minimum absolute atomic E-state index is 0.0500. The second-order valence-electron chi connectivity index (χ2n) is 4.34. The third-order valence-electron chi connectivity index (χ3n) is 3.20. The van der Waals surface area contributed by atoms with Crippen molar-refractivity contribution in [3.63, 3.8) is 0 Å². The molecule has 0 N–H and O–H groups in total. The molecule has 0 heterocycles. The normalized spacial score (nSPS) is 27.1. The third-order valence-corrected chi connectivity index (χ3v) is 3.20. The van der Waals surface area contributed by atoms with E-state index in [2.05, 4.69) is 13.8 Å². The minimum atomic E-state index is -0.643. The van der Waals surface area contributed by atoms with Crippen molar-refractivity contribution in [2.24, 2.45) is 0 Å². The summed E-state index contributed by atoms with van der Waals surface area (Å²) in [5.74, 6) is 0. The third kappa shape index (κ3) is 2.34. The van der Waals surface area contributed by atoms with Gasteiger partial charge in [-0.25, -0.2) is 0 Å². The second kappa shape index (κ2) is 4.58. The lowest BCUT2D eigenvalue weighted by molar-refractivity contribution is -0.572. The molecular weight excluding hydrogens is 178 g/mol. The molecule has 3 heteroatoms. The topological polar surface area (TPSA) is 43.1 Å². The zero-order valence-electron chi connectivity index (χ0n) is 9.08. The Morgan fingerprint density at radius 3 is 2.79 bits per heavy atom. The van der Waals surface area contributed by atoms with E-state index in [0.717, 1.165) is 32.1 Å². The maximum atomic E-state index is 11.1. The summed E-state index contributed by atoms with van der Waals surface area (Å²) in [6.07, 6.45) is 7.03. The largest absolute Gasteiger partial charge is 0.264 e. The Kier molecular flexibility index (Phi) is 3.67. The number of hydrogen-bond acceptors (Lipinski definition) is 2. The first kappa shape index (κ1) is 11.2. The highest BCUT2D eigenvalue weighted by Crippen LogP contribution is 2.34. The van der Waals surface area contributed by atoms with Crippen molar-refractivity contribution in [2.75, 3.05) is 0 Å². The van der Waals surface area contributed by atoms with Gasteiger partial charge >= 0.3 is 0 Å². The fourth-order valence-corrected chi connectivity index (χ4v) is 1.99. The average molecular weight is 197 g/mol. The van der Waals surface area contributed by atoms with Gasteiger partial charge in [-0.15, -0.1) is 0 Å². The van der Waals surface area contributed by atoms with Crippen LogP contribution in [0.5, 0.6) is 0 Å². The van der Waals surface area contributed by atoms with Gasteiger partial charge in [-0.3, -0.25) is 10.1 Å². The van der Waals surface area contributed by atoms with E-state index in [4.69, 9.17) is 0 Å². The molecule has 0 radical (unpaired) electrons. The van der Waals surface area contributed by atoms with Gasteiger partial charge in [-0.2, -0.15) is 0 Å². The standard InChI is InChI=1S/C11H19NO2/c1-3-4-7-11(12(13)14)8-5-10(2)6-9-11/h5H,3-4,6-9H2,1-2H3. The smallest absolute Gasteiger partial charge is 0.226 e. The molecule has 3 nitrogen and oxygen atoms in total. The van der Waals surface area contributed by atoms with Gasteiger partial charge in [0.1, 0.15) is 0 Å². The molecular formula is C11H19NO2. The number of hydrogen-bond donors (Lipinski definition) is 0. The van der Waals surface area contributed by atoms with Crippen molar-refractivity contribution < 1.29 is 4.92 Å². The molecule has 0 saturated heterocycles. The molecule has 1 atom stereocenters. The summed E-state index contributed by atoms with van der Waals surface area (Å²) >= 11 is 0. The van der Waals surface area contributed by atoms with Crippen molar-refractivity contribution in [1.29, 1.82) is 0 Å². The molecule has 0 amide bonds. The van der Waals surface area contributed by atoms with Crippen LogP contribution >= 0.6 is 0 Å². The fraction of sp³-hybridized carbons (Fsp3) is 0.818. The summed E-state index contributed by atoms with van der Waals surface area (Å²) in [7, 11) is 0. The lowest BCUT2D eigenvalue weighted by Crippen LogP contribution is -2.39. The first-order valence-electron chi connectivity index (χ1n) is 5.41. The van der Waals surface area contributed by atoms with Crippen LogP contribution in [0.4, 0.5) is 0 Å². The molecule has 1 aliphatic rings. The van der Waals surface area contributed by atoms with Crippen LogP contribution < -0.4 is 0 Å². The van der Waals surface area contributed by atoms with Crippen molar-refractivity contribution in [1.82, 2.24) is 0 Å². The van der Waals surface area contributed by atoms with E-state index in [-0.39, 0.29) is 4.92 Å². The number of nitro groups is 1. The van der Waals surface area contributed by atoms with Crippen molar-refractivity contribution >= 4 is 0 Å². The fourth-order valence-electron chi connectivity index (χ4n) is 1.99. The van der Waals surface area contributed by atoms with Crippen LogP contribution in [0.25, 0.3) is 0 Å². The quantitative estimate of drug-likeness (QED) is 0.394. The van der Waals surface area contributed by atoms with Crippen LogP contribution in [-0.2, 0) is 0 Å². The summed E-state index contributed by atoms with van der Waals surface area (Å²) in [4.78, 5) is 11.0. The Labute approximate surface area is 85.3 Å². The van der Waals surface area contributed by atoms with E-state index >= 15 is 0 Å². The van der Waals surface area contributed by atoms with Gasteiger partial charge in [0, 0.05) is 24.2 Å². The minimum Gasteiger partial charge on any atom is -0.264 e. The number of unbranched alkanes of at least 4 members (excludes halogenated alkanes) is 1. The van der Waals surface area contributed by atoms with Gasteiger partial charge < -0.3 is 0 Å². The summed E-state index contributed by atoms with van der Waals surface area (Å²) < 4.78 is 0. The average Bonchev–Trinajstić information content (AvgIpc) is 2.17. The van der Waals surface area contributed by atoms with Crippen LogP contribution in [0, 0.1) is 10.1 Å². The predicted molar refractivity (Wildman–Crippen MR) is 56.9 cm³/mol. The Bertz CT molecular complexity index is 248. The second-order valence-corrected chi connectivity index (χ2v) is 4.34. The molecule has 1 rings (SSSR count). The van der Waals surface area contributed by atoms with Crippen LogP contribution in [0.1, 0.15) is 52.4 Å². The number of rotatable bonds is 4. The Hall–Kier alpha value is -0.860. The summed E-state index contributed by atoms with van der Waals surface area (Å²) in [5, 5.41) is 11.1. The first-order valence-corrected chi connectivity index (χ1v) is 5.41. The summed E-state index contributed by atoms with van der Waals surface area (Å²) in [6.45, 7) is 4.14. The highest BCUT2D eigenvalue weighted by molar-refractivity contribution is 5.07. The van der Waals surface area contributed by atoms with Crippen LogP contribution in [0.3, 0.4) is 0 Å². The highest BCUT2D eigenvalue weighted by Gasteiger charge is 2.42. The van der Waals surface area contributed by atoms with E-state index in [0.29, 0.717) is 6.42 Å². The maximum Gasteiger partial charge on any atom is 0.226 e. The maximum absolute atomic E-state index is 11.1. The molecule has 0 fully saturated rings. The van der Waals surface area contributed by atoms with E-state index in [9.17, 15) is 10.1 Å². The van der Waals surface area contributed by atoms with E-state index in [1.54, 1.807) is 0 Å². The van der Waals surface area contributed by atoms with Gasteiger partial charge in [0.2, 0.25) is 5.54 Å². The van der Waals surface area contributed by atoms with Gasteiger partial charge in [0.25, 0.3) is 0 Å². The SMILES string of the molecule is CCCCC1([N+](=O)[O-])CC=C(C)CC1. The molecule has 0 bridgehead atoms. The van der Waals surface area contributed by atoms with Crippen molar-refractivity contribution in [3.05, 3.63) is 21.8 Å². The molecule has 0 aromatic rings. The number of allylic oxidation sites excluding steroid dienone is 1. The lowest BCUT2D eigenvalue weighted by Gasteiger charge is -2.27. The summed E-state index contributed by atoms with van der Waals surface area (Å²) in [6, 6.07) is 0. The van der Waals surface area contributed by atoms with Gasteiger partial charge in [0.05, 0.1) is 0 Å². The zero-order chi connectivity index (χ0) is 10.6. The van der Waals surface area contributed by atoms with Gasteiger partial charge in [0.15, 0.2) is 0 Å². The molecule has 14 heavy (non-hydrogen) atoms. The molecule has 80 valence electrons. The predicted octanol–water partition coefficient (Wildman–Crippen LogP) is 3.32. The van der Waals surface area contributed by atoms with Crippen molar-refractivity contribution in [3.8, 4) is 0 Å². The molecule has 0 aliphatic heterocycles. The van der Waals surface area contributed by atoms with Crippen LogP contribution in [0.15, 0.2) is 11.6 Å². The molecule has 0 aromatic heterocycles. The van der Waals surface area contributed by atoms with E-state index < -0.39 is 5.54 Å². The Morgan fingerprint density at radius 1 is 1.64 bits per heavy atom. The molecule has 1 unspecified atom stereocenters. The first-order chi connectivity index (χ1) is 6.60. The van der Waals surface area contributed by atoms with E-state index in [1.165, 1.54) is 5.57 Å². The number of nitrogens with zero attached hydrogens (tertiary/aromatic N) is 1. The molecule has 0 saturated carbocycles.